The Morgan fingerprint density at radius 3 is 2.61 bits per heavy atom. The largest absolute Gasteiger partial charge is 0.450 e. The minimum Gasteiger partial charge on any atom is -0.450 e. The van der Waals surface area contributed by atoms with E-state index < -0.39 is 0 Å². The van der Waals surface area contributed by atoms with Crippen molar-refractivity contribution < 1.29 is 9.53 Å². The van der Waals surface area contributed by atoms with Crippen molar-refractivity contribution in [3.05, 3.63) is 66.1 Å². The number of hydrogen-bond acceptors (Lipinski definition) is 8. The molecule has 2 aromatic carbocycles. The number of aryl methyl sites for hydroxylation is 2. The number of nitrogens with one attached hydrogen (secondary N) is 3. The smallest absolute Gasteiger partial charge is 0.290 e. The molecule has 3 aliphatic rings. The fourth-order valence-electron chi connectivity index (χ4n) is 5.28. The molecule has 3 aliphatic heterocycles. The molecule has 0 radical (unpaired) electrons. The van der Waals surface area contributed by atoms with Crippen molar-refractivity contribution in [2.75, 3.05) is 41.0 Å². The van der Waals surface area contributed by atoms with E-state index >= 15 is 0 Å². The van der Waals surface area contributed by atoms with Crippen LogP contribution < -0.4 is 25.6 Å². The van der Waals surface area contributed by atoms with Crippen LogP contribution in [-0.2, 0) is 4.79 Å². The number of nitrogens with zero attached hydrogens (tertiary/aromatic N) is 4. The van der Waals surface area contributed by atoms with Crippen LogP contribution >= 0.6 is 0 Å². The number of amides is 1. The molecule has 0 saturated carbocycles. The van der Waals surface area contributed by atoms with Crippen molar-refractivity contribution in [2.24, 2.45) is 0 Å². The Bertz CT molecular complexity index is 1390. The summed E-state index contributed by atoms with van der Waals surface area (Å²) < 4.78 is 5.45. The first-order valence-electron chi connectivity index (χ1n) is 12.1. The highest BCUT2D eigenvalue weighted by molar-refractivity contribution is 6.05. The summed E-state index contributed by atoms with van der Waals surface area (Å²) in [5.74, 6) is 1.46. The average molecular weight is 484 g/mol. The van der Waals surface area contributed by atoms with Crippen LogP contribution in [0.4, 0.5) is 34.5 Å². The van der Waals surface area contributed by atoms with E-state index in [0.29, 0.717) is 35.3 Å². The number of ether oxygens (including phenoxy) is 1. The number of benzene rings is 2. The molecule has 36 heavy (non-hydrogen) atoms. The topological polar surface area (TPSA) is 94.7 Å². The van der Waals surface area contributed by atoms with Crippen molar-refractivity contribution in [2.45, 2.75) is 32.4 Å². The SMILES string of the molecule is C=C1Oc2ccc(Nc3nc(Nc4ccc(N5CC6CC5CN6C)c(C)c4)ncc3C)cc2NC1=O. The van der Waals surface area contributed by atoms with Gasteiger partial charge < -0.3 is 25.6 Å². The number of piperazine rings is 1. The molecule has 2 fully saturated rings. The number of fused-ring (bicyclic) bond motifs is 3. The summed E-state index contributed by atoms with van der Waals surface area (Å²) in [7, 11) is 2.22. The van der Waals surface area contributed by atoms with Crippen LogP contribution in [0.5, 0.6) is 5.75 Å². The molecule has 9 heteroatoms. The second-order valence-electron chi connectivity index (χ2n) is 9.80. The molecule has 3 N–H and O–H groups in total. The predicted octanol–water partition coefficient (Wildman–Crippen LogP) is 4.32. The van der Waals surface area contributed by atoms with E-state index in [0.717, 1.165) is 30.0 Å². The lowest BCUT2D eigenvalue weighted by Crippen LogP contribution is -2.44. The lowest BCUT2D eigenvalue weighted by molar-refractivity contribution is -0.115. The number of likely N-dealkylation sites (tertiary alicyclic amines) is 1. The van der Waals surface area contributed by atoms with Gasteiger partial charge in [-0.25, -0.2) is 4.98 Å². The van der Waals surface area contributed by atoms with Crippen molar-refractivity contribution >= 4 is 40.4 Å². The van der Waals surface area contributed by atoms with E-state index in [2.05, 4.69) is 74.5 Å². The summed E-state index contributed by atoms with van der Waals surface area (Å²) in [6.07, 6.45) is 3.03. The van der Waals surface area contributed by atoms with E-state index in [4.69, 9.17) is 4.74 Å². The summed E-state index contributed by atoms with van der Waals surface area (Å²) in [6, 6.07) is 13.2. The number of rotatable bonds is 5. The van der Waals surface area contributed by atoms with Gasteiger partial charge in [-0.2, -0.15) is 4.98 Å². The molecule has 2 atom stereocenters. The maximum atomic E-state index is 11.9. The zero-order chi connectivity index (χ0) is 25.0. The van der Waals surface area contributed by atoms with E-state index in [1.54, 1.807) is 18.3 Å². The molecule has 0 spiro atoms. The van der Waals surface area contributed by atoms with Gasteiger partial charge in [0.15, 0.2) is 11.5 Å². The molecule has 2 bridgehead atoms. The molecular formula is C27H29N7O2. The first-order chi connectivity index (χ1) is 17.3. The van der Waals surface area contributed by atoms with E-state index in [1.807, 2.05) is 13.0 Å². The molecule has 1 amide bonds. The van der Waals surface area contributed by atoms with E-state index in [1.165, 1.54) is 17.7 Å². The third-order valence-corrected chi connectivity index (χ3v) is 7.23. The van der Waals surface area contributed by atoms with Gasteiger partial charge in [-0.3, -0.25) is 9.69 Å². The number of aromatic nitrogens is 2. The predicted molar refractivity (Wildman–Crippen MR) is 142 cm³/mol. The Balaban J connectivity index is 1.18. The molecule has 3 aromatic rings. The lowest BCUT2D eigenvalue weighted by atomic mass is 10.1. The van der Waals surface area contributed by atoms with Gasteiger partial charge in [0.2, 0.25) is 5.95 Å². The average Bonchev–Trinajstić information content (AvgIpc) is 3.42. The summed E-state index contributed by atoms with van der Waals surface area (Å²) in [6.45, 7) is 9.94. The summed E-state index contributed by atoms with van der Waals surface area (Å²) in [5.41, 5.74) is 5.73. The van der Waals surface area contributed by atoms with Crippen LogP contribution in [0.2, 0.25) is 0 Å². The van der Waals surface area contributed by atoms with Crippen LogP contribution in [0.1, 0.15) is 17.5 Å². The van der Waals surface area contributed by atoms with Gasteiger partial charge in [0, 0.05) is 54.0 Å². The fourth-order valence-corrected chi connectivity index (χ4v) is 5.28. The van der Waals surface area contributed by atoms with Crippen molar-refractivity contribution in [1.82, 2.24) is 14.9 Å². The molecule has 1 aromatic heterocycles. The molecular weight excluding hydrogens is 454 g/mol. The molecule has 184 valence electrons. The van der Waals surface area contributed by atoms with Gasteiger partial charge >= 0.3 is 0 Å². The maximum Gasteiger partial charge on any atom is 0.290 e. The summed E-state index contributed by atoms with van der Waals surface area (Å²) in [5, 5.41) is 9.44. The van der Waals surface area contributed by atoms with Crippen molar-refractivity contribution in [1.29, 1.82) is 0 Å². The minimum absolute atomic E-state index is 0.0779. The number of hydrogen-bond donors (Lipinski definition) is 3. The molecule has 4 heterocycles. The molecule has 6 rings (SSSR count). The van der Waals surface area contributed by atoms with Gasteiger partial charge in [-0.15, -0.1) is 0 Å². The van der Waals surface area contributed by atoms with Gasteiger partial charge in [0.25, 0.3) is 5.91 Å². The number of carbonyl (C=O) groups is 1. The van der Waals surface area contributed by atoms with Gasteiger partial charge in [-0.05, 0) is 69.3 Å². The zero-order valence-electron chi connectivity index (χ0n) is 20.6. The van der Waals surface area contributed by atoms with E-state index in [-0.39, 0.29) is 11.7 Å². The maximum absolute atomic E-state index is 11.9. The molecule has 0 aliphatic carbocycles. The number of carbonyl (C=O) groups excluding carboxylic acids is 1. The highest BCUT2D eigenvalue weighted by Gasteiger charge is 2.41. The van der Waals surface area contributed by atoms with Crippen molar-refractivity contribution in [3.63, 3.8) is 0 Å². The number of anilines is 6. The molecule has 2 saturated heterocycles. The van der Waals surface area contributed by atoms with Crippen LogP contribution in [0.15, 0.2) is 54.9 Å². The lowest BCUT2D eigenvalue weighted by Gasteiger charge is -2.34. The Morgan fingerprint density at radius 1 is 1.06 bits per heavy atom. The van der Waals surface area contributed by atoms with Gasteiger partial charge in [-0.1, -0.05) is 6.58 Å². The Morgan fingerprint density at radius 2 is 1.86 bits per heavy atom. The van der Waals surface area contributed by atoms with E-state index in [9.17, 15) is 4.79 Å². The molecule has 9 nitrogen and oxygen atoms in total. The second-order valence-corrected chi connectivity index (χ2v) is 9.80. The van der Waals surface area contributed by atoms with Crippen LogP contribution in [0.3, 0.4) is 0 Å². The summed E-state index contributed by atoms with van der Waals surface area (Å²) >= 11 is 0. The van der Waals surface area contributed by atoms with Crippen LogP contribution in [0.25, 0.3) is 0 Å². The Kier molecular flexibility index (Phi) is 5.30. The highest BCUT2D eigenvalue weighted by atomic mass is 16.5. The number of likely N-dealkylation sites (N-methyl/N-ethyl adjacent to an activating group) is 1. The monoisotopic (exact) mass is 483 g/mol. The van der Waals surface area contributed by atoms with Crippen molar-refractivity contribution in [3.8, 4) is 5.75 Å². The first-order valence-corrected chi connectivity index (χ1v) is 12.1. The normalized spacial score (nSPS) is 20.7. The van der Waals surface area contributed by atoms with Crippen LogP contribution in [0, 0.1) is 13.8 Å². The Hall–Kier alpha value is -4.11. The van der Waals surface area contributed by atoms with Crippen LogP contribution in [-0.4, -0.2) is 53.0 Å². The minimum atomic E-state index is -0.352. The zero-order valence-corrected chi connectivity index (χ0v) is 20.6. The highest BCUT2D eigenvalue weighted by Crippen LogP contribution is 2.37. The van der Waals surface area contributed by atoms with Gasteiger partial charge in [0.05, 0.1) is 5.69 Å². The first kappa shape index (κ1) is 22.4. The second kappa shape index (κ2) is 8.53. The molecule has 2 unspecified atom stereocenters. The summed E-state index contributed by atoms with van der Waals surface area (Å²) in [4.78, 5) is 26.1. The third-order valence-electron chi connectivity index (χ3n) is 7.23. The van der Waals surface area contributed by atoms with Gasteiger partial charge in [0.1, 0.15) is 5.82 Å². The fraction of sp³-hybridized carbons (Fsp3) is 0.296. The standard InChI is InChI=1S/C27H29N7O2/c1-15-9-18(5-7-23(15)34-14-20-11-21(34)13-33(20)4)30-27-28-12-16(2)25(32-27)29-19-6-8-24-22(10-19)31-26(35)17(3)36-24/h5-10,12,20-21H,3,11,13-14H2,1-2,4H3,(H,31,35)(H2,28,29,30,32). The Labute approximate surface area is 210 Å². The quantitative estimate of drug-likeness (QED) is 0.462. The third kappa shape index (κ3) is 4.01.